The molecular weight excluding hydrogens is 312 g/mol. The van der Waals surface area contributed by atoms with E-state index in [1.54, 1.807) is 7.11 Å². The van der Waals surface area contributed by atoms with Crippen molar-refractivity contribution in [2.24, 2.45) is 22.7 Å². The van der Waals surface area contributed by atoms with Gasteiger partial charge >= 0.3 is 0 Å². The molecule has 0 amide bonds. The fraction of sp³-hybridized carbons (Fsp3) is 0.591. The summed E-state index contributed by atoms with van der Waals surface area (Å²) in [6.45, 7) is 6.47. The Hall–Kier alpha value is -1.45. The zero-order valence-corrected chi connectivity index (χ0v) is 15.3. The molecule has 0 unspecified atom stereocenters. The van der Waals surface area contributed by atoms with Crippen molar-refractivity contribution in [3.05, 3.63) is 48.0 Å². The first-order valence-corrected chi connectivity index (χ1v) is 9.46. The van der Waals surface area contributed by atoms with Gasteiger partial charge in [-0.25, -0.2) is 0 Å². The lowest BCUT2D eigenvalue weighted by Gasteiger charge is -2.54. The Morgan fingerprint density at radius 1 is 1.36 bits per heavy atom. The lowest BCUT2D eigenvalue weighted by atomic mass is 9.49. The van der Waals surface area contributed by atoms with Crippen LogP contribution in [-0.2, 0) is 16.0 Å². The molecule has 0 saturated heterocycles. The molecule has 3 heteroatoms. The maximum atomic E-state index is 13.7. The van der Waals surface area contributed by atoms with E-state index in [0.717, 1.165) is 36.8 Å². The molecule has 0 aromatic heterocycles. The number of ketones is 1. The minimum atomic E-state index is -1.39. The van der Waals surface area contributed by atoms with Gasteiger partial charge in [-0.15, -0.1) is 0 Å². The van der Waals surface area contributed by atoms with Gasteiger partial charge in [0, 0.05) is 24.9 Å². The lowest BCUT2D eigenvalue weighted by molar-refractivity contribution is -0.265. The minimum Gasteiger partial charge on any atom is -0.364 e. The first-order valence-electron chi connectivity index (χ1n) is 9.46. The van der Waals surface area contributed by atoms with Crippen LogP contribution in [0.4, 0.5) is 0 Å². The van der Waals surface area contributed by atoms with E-state index >= 15 is 0 Å². The number of methoxy groups -OCH3 is 1. The fourth-order valence-corrected chi connectivity index (χ4v) is 6.58. The number of hydrogen-bond donors (Lipinski definition) is 1. The smallest absolute Gasteiger partial charge is 0.185 e. The van der Waals surface area contributed by atoms with Crippen molar-refractivity contribution < 1.29 is 14.6 Å². The standard InChI is InChI=1S/C22H28O3/c1-15-18-14-17-10-7-13-20(15,2)21(17,22(18,24)25-3)19(23)12-11-16-8-5-4-6-9-16/h4-6,8-9,17-18,24H,1,7,10-14H2,2-3H3/t17-,18+,20-,21+,22+/m0/s1. The molecule has 0 heterocycles. The largest absolute Gasteiger partial charge is 0.364 e. The molecule has 4 rings (SSSR count). The number of Topliss-reactive ketones (excluding diaryl/α,β-unsaturated/α-hetero) is 1. The van der Waals surface area contributed by atoms with Gasteiger partial charge in [-0.3, -0.25) is 4.79 Å². The molecule has 1 aromatic carbocycles. The van der Waals surface area contributed by atoms with Crippen LogP contribution in [0.15, 0.2) is 42.5 Å². The lowest BCUT2D eigenvalue weighted by Crippen LogP contribution is -2.60. The maximum Gasteiger partial charge on any atom is 0.185 e. The van der Waals surface area contributed by atoms with E-state index in [-0.39, 0.29) is 23.0 Å². The molecule has 1 aromatic rings. The fourth-order valence-electron chi connectivity index (χ4n) is 6.58. The van der Waals surface area contributed by atoms with Crippen LogP contribution in [0, 0.1) is 22.7 Å². The third-order valence-electron chi connectivity index (χ3n) is 7.63. The Balaban J connectivity index is 1.73. The Morgan fingerprint density at radius 2 is 2.08 bits per heavy atom. The average molecular weight is 340 g/mol. The van der Waals surface area contributed by atoms with Gasteiger partial charge in [-0.2, -0.15) is 0 Å². The molecule has 3 fully saturated rings. The highest BCUT2D eigenvalue weighted by atomic mass is 16.6. The van der Waals surface area contributed by atoms with Gasteiger partial charge in [0.15, 0.2) is 5.79 Å². The summed E-state index contributed by atoms with van der Waals surface area (Å²) in [4.78, 5) is 13.7. The molecule has 3 aliphatic rings. The van der Waals surface area contributed by atoms with Crippen LogP contribution in [0.5, 0.6) is 0 Å². The van der Waals surface area contributed by atoms with Crippen molar-refractivity contribution in [2.45, 2.75) is 51.2 Å². The molecule has 5 atom stereocenters. The highest BCUT2D eigenvalue weighted by Crippen LogP contribution is 2.78. The predicted molar refractivity (Wildman–Crippen MR) is 96.9 cm³/mol. The second-order valence-corrected chi connectivity index (χ2v) is 8.35. The Labute approximate surface area is 150 Å². The minimum absolute atomic E-state index is 0.117. The molecule has 3 nitrogen and oxygen atoms in total. The van der Waals surface area contributed by atoms with E-state index in [1.807, 2.05) is 18.2 Å². The summed E-state index contributed by atoms with van der Waals surface area (Å²) in [6.07, 6.45) is 5.00. The Bertz CT molecular complexity index is 711. The highest BCUT2D eigenvalue weighted by Gasteiger charge is 2.82. The van der Waals surface area contributed by atoms with E-state index in [0.29, 0.717) is 12.8 Å². The SMILES string of the molecule is C=C1[C@H]2C[C@@H]3CCC[C@]1(C)[C@@]3(C(=O)CCc1ccccc1)[C@]2(O)OC. The van der Waals surface area contributed by atoms with Crippen molar-refractivity contribution >= 4 is 5.78 Å². The summed E-state index contributed by atoms with van der Waals surface area (Å²) in [5.74, 6) is -1.14. The van der Waals surface area contributed by atoms with E-state index in [9.17, 15) is 9.90 Å². The topological polar surface area (TPSA) is 46.5 Å². The van der Waals surface area contributed by atoms with Gasteiger partial charge in [-0.05, 0) is 37.2 Å². The summed E-state index contributed by atoms with van der Waals surface area (Å²) >= 11 is 0. The van der Waals surface area contributed by atoms with Crippen molar-refractivity contribution in [1.82, 2.24) is 0 Å². The third kappa shape index (κ3) is 1.86. The molecule has 1 N–H and O–H groups in total. The number of carbonyl (C=O) groups excluding carboxylic acids is 1. The average Bonchev–Trinajstić information content (AvgIpc) is 2.98. The molecule has 0 aliphatic heterocycles. The first-order chi connectivity index (χ1) is 11.9. The van der Waals surface area contributed by atoms with Crippen LogP contribution < -0.4 is 0 Å². The van der Waals surface area contributed by atoms with E-state index in [1.165, 1.54) is 0 Å². The van der Waals surface area contributed by atoms with E-state index in [2.05, 4.69) is 25.6 Å². The Kier molecular flexibility index (Phi) is 3.75. The van der Waals surface area contributed by atoms with E-state index in [4.69, 9.17) is 4.74 Å². The number of rotatable bonds is 5. The van der Waals surface area contributed by atoms with Gasteiger partial charge in [0.05, 0.1) is 5.41 Å². The van der Waals surface area contributed by atoms with Crippen LogP contribution in [0.25, 0.3) is 0 Å². The number of benzene rings is 1. The van der Waals surface area contributed by atoms with Gasteiger partial charge < -0.3 is 9.84 Å². The van der Waals surface area contributed by atoms with Crippen LogP contribution in [0.2, 0.25) is 0 Å². The second-order valence-electron chi connectivity index (χ2n) is 8.35. The van der Waals surface area contributed by atoms with Crippen LogP contribution in [-0.4, -0.2) is 23.8 Å². The Morgan fingerprint density at radius 3 is 2.76 bits per heavy atom. The number of ether oxygens (including phenoxy) is 1. The molecule has 2 bridgehead atoms. The molecule has 0 spiro atoms. The van der Waals surface area contributed by atoms with Gasteiger partial charge in [0.1, 0.15) is 5.78 Å². The zero-order valence-electron chi connectivity index (χ0n) is 15.3. The summed E-state index contributed by atoms with van der Waals surface area (Å²) in [7, 11) is 1.55. The number of carbonyl (C=O) groups is 1. The maximum absolute atomic E-state index is 13.7. The quantitative estimate of drug-likeness (QED) is 0.653. The normalized spacial score (nSPS) is 42.0. The molecule has 134 valence electrons. The van der Waals surface area contributed by atoms with Crippen molar-refractivity contribution in [3.8, 4) is 0 Å². The molecule has 0 radical (unpaired) electrons. The van der Waals surface area contributed by atoms with Crippen molar-refractivity contribution in [2.75, 3.05) is 7.11 Å². The molecule has 25 heavy (non-hydrogen) atoms. The number of hydrogen-bond acceptors (Lipinski definition) is 3. The number of aliphatic hydroxyl groups is 1. The second kappa shape index (κ2) is 5.52. The summed E-state index contributed by atoms with van der Waals surface area (Å²) in [5, 5.41) is 11.6. The number of aryl methyl sites for hydroxylation is 1. The highest BCUT2D eigenvalue weighted by molar-refractivity contribution is 5.90. The van der Waals surface area contributed by atoms with Crippen molar-refractivity contribution in [1.29, 1.82) is 0 Å². The molecule has 3 saturated carbocycles. The molecular formula is C22H28O3. The van der Waals surface area contributed by atoms with Gasteiger partial charge in [-0.1, -0.05) is 55.8 Å². The van der Waals surface area contributed by atoms with Crippen LogP contribution in [0.1, 0.15) is 44.6 Å². The summed E-state index contributed by atoms with van der Waals surface area (Å²) < 4.78 is 5.71. The van der Waals surface area contributed by atoms with Gasteiger partial charge in [0.2, 0.25) is 0 Å². The number of fused-ring (bicyclic) bond motifs is 1. The summed E-state index contributed by atoms with van der Waals surface area (Å²) in [5.41, 5.74) is 1.01. The predicted octanol–water partition coefficient (Wildman–Crippen LogP) is 3.91. The third-order valence-corrected chi connectivity index (χ3v) is 7.63. The van der Waals surface area contributed by atoms with Crippen molar-refractivity contribution in [3.63, 3.8) is 0 Å². The zero-order chi connectivity index (χ0) is 17.9. The molecule has 3 aliphatic carbocycles. The van der Waals surface area contributed by atoms with Crippen LogP contribution >= 0.6 is 0 Å². The van der Waals surface area contributed by atoms with E-state index < -0.39 is 11.2 Å². The van der Waals surface area contributed by atoms with Gasteiger partial charge in [0.25, 0.3) is 0 Å². The first kappa shape index (κ1) is 17.0. The monoisotopic (exact) mass is 340 g/mol. The summed E-state index contributed by atoms with van der Waals surface area (Å²) in [6, 6.07) is 10.1. The van der Waals surface area contributed by atoms with Crippen LogP contribution in [0.3, 0.4) is 0 Å².